The van der Waals surface area contributed by atoms with Gasteiger partial charge in [0.05, 0.1) is 16.6 Å². The smallest absolute Gasteiger partial charge is 0.264 e. The number of rotatable bonds is 2. The molecule has 1 saturated carbocycles. The Balaban J connectivity index is 1.80. The molecule has 5 nitrogen and oxygen atoms in total. The van der Waals surface area contributed by atoms with Crippen LogP contribution in [0.15, 0.2) is 9.90 Å². The maximum absolute atomic E-state index is 12.0. The number of hydrogen-bond donors (Lipinski definition) is 2. The second-order valence-corrected chi connectivity index (χ2v) is 6.32. The van der Waals surface area contributed by atoms with Gasteiger partial charge in [0, 0.05) is 11.3 Å². The lowest BCUT2D eigenvalue weighted by atomic mass is 10.2. The Morgan fingerprint density at radius 2 is 2.10 bits per heavy atom. The number of amidine groups is 1. The monoisotopic (exact) mass is 290 g/mol. The number of nitrogens with zero attached hydrogens (tertiary/aromatic N) is 2. The van der Waals surface area contributed by atoms with Gasteiger partial charge >= 0.3 is 0 Å². The second kappa shape index (κ2) is 5.44. The third-order valence-electron chi connectivity index (χ3n) is 3.74. The van der Waals surface area contributed by atoms with Crippen LogP contribution in [0.3, 0.4) is 0 Å². The molecule has 1 aromatic rings. The normalized spacial score (nSPS) is 24.0. The topological polar surface area (TPSA) is 70.1 Å². The third kappa shape index (κ3) is 2.65. The summed E-state index contributed by atoms with van der Waals surface area (Å²) in [6, 6.07) is 0.384. The highest BCUT2D eigenvalue weighted by Crippen LogP contribution is 2.29. The van der Waals surface area contributed by atoms with Gasteiger partial charge in [0.1, 0.15) is 0 Å². The fourth-order valence-corrected chi connectivity index (χ4v) is 3.47. The minimum absolute atomic E-state index is 0.0632. The first kappa shape index (κ1) is 13.4. The predicted octanol–water partition coefficient (Wildman–Crippen LogP) is 2.53. The highest BCUT2D eigenvalue weighted by Gasteiger charge is 2.26. The van der Waals surface area contributed by atoms with Crippen LogP contribution in [0.1, 0.15) is 42.6 Å². The number of aliphatic imine (C=N–C) groups is 1. The first-order valence-corrected chi connectivity index (χ1v) is 7.75. The first-order chi connectivity index (χ1) is 9.63. The minimum atomic E-state index is -0.0632. The van der Waals surface area contributed by atoms with E-state index in [0.29, 0.717) is 10.9 Å². The number of aromatic amines is 1. The summed E-state index contributed by atoms with van der Waals surface area (Å²) in [4.78, 5) is 17.3. The Labute approximate surface area is 122 Å². The number of aromatic nitrogens is 2. The van der Waals surface area contributed by atoms with Crippen LogP contribution in [-0.4, -0.2) is 27.3 Å². The maximum atomic E-state index is 12.0. The molecule has 3 rings (SSSR count). The van der Waals surface area contributed by atoms with Crippen molar-refractivity contribution in [2.24, 2.45) is 4.99 Å². The van der Waals surface area contributed by atoms with E-state index < -0.39 is 0 Å². The molecule has 0 spiro atoms. The molecule has 1 saturated heterocycles. The van der Waals surface area contributed by atoms with Crippen molar-refractivity contribution in [3.63, 3.8) is 0 Å². The summed E-state index contributed by atoms with van der Waals surface area (Å²) in [6.07, 6.45) is 6.66. The van der Waals surface area contributed by atoms with Crippen molar-refractivity contribution in [2.75, 3.05) is 0 Å². The van der Waals surface area contributed by atoms with Crippen LogP contribution in [-0.2, 0) is 4.79 Å². The molecule has 0 bridgehead atoms. The zero-order valence-corrected chi connectivity index (χ0v) is 12.5. The van der Waals surface area contributed by atoms with Crippen molar-refractivity contribution in [1.82, 2.24) is 15.5 Å². The molecule has 2 aliphatic rings. The first-order valence-electron chi connectivity index (χ1n) is 6.94. The van der Waals surface area contributed by atoms with Crippen LogP contribution in [0.25, 0.3) is 6.08 Å². The molecule has 106 valence electrons. The quantitative estimate of drug-likeness (QED) is 0.822. The molecule has 0 atom stereocenters. The molecule has 0 radical (unpaired) electrons. The second-order valence-electron chi connectivity index (χ2n) is 5.28. The summed E-state index contributed by atoms with van der Waals surface area (Å²) < 4.78 is 0. The van der Waals surface area contributed by atoms with E-state index >= 15 is 0 Å². The molecule has 0 aromatic carbocycles. The molecule has 2 fully saturated rings. The van der Waals surface area contributed by atoms with Crippen LogP contribution in [0.4, 0.5) is 0 Å². The lowest BCUT2D eigenvalue weighted by molar-refractivity contribution is -0.115. The summed E-state index contributed by atoms with van der Waals surface area (Å²) in [5, 5.41) is 10.7. The zero-order chi connectivity index (χ0) is 14.1. The number of carbonyl (C=O) groups excluding carboxylic acids is 1. The molecule has 2 N–H and O–H groups in total. The Bertz CT molecular complexity index is 577. The summed E-state index contributed by atoms with van der Waals surface area (Å²) in [5.41, 5.74) is 2.87. The molecule has 1 aliphatic heterocycles. The van der Waals surface area contributed by atoms with E-state index in [0.717, 1.165) is 35.0 Å². The fourth-order valence-electron chi connectivity index (χ4n) is 2.59. The van der Waals surface area contributed by atoms with Crippen LogP contribution in [0.2, 0.25) is 0 Å². The van der Waals surface area contributed by atoms with E-state index in [-0.39, 0.29) is 5.91 Å². The maximum Gasteiger partial charge on any atom is 0.264 e. The minimum Gasteiger partial charge on any atom is -0.301 e. The van der Waals surface area contributed by atoms with E-state index in [9.17, 15) is 4.79 Å². The summed E-state index contributed by atoms with van der Waals surface area (Å²) in [6.45, 7) is 3.89. The summed E-state index contributed by atoms with van der Waals surface area (Å²) >= 11 is 1.43. The van der Waals surface area contributed by atoms with Crippen molar-refractivity contribution in [2.45, 2.75) is 45.6 Å². The highest BCUT2D eigenvalue weighted by atomic mass is 32.2. The van der Waals surface area contributed by atoms with Crippen LogP contribution >= 0.6 is 11.8 Å². The molecule has 2 heterocycles. The average molecular weight is 290 g/mol. The molecule has 6 heteroatoms. The van der Waals surface area contributed by atoms with Crippen molar-refractivity contribution in [3.8, 4) is 0 Å². The number of thioether (sulfide) groups is 1. The number of hydrogen-bond acceptors (Lipinski definition) is 4. The van der Waals surface area contributed by atoms with Gasteiger partial charge in [-0.2, -0.15) is 5.10 Å². The number of H-pyrrole nitrogens is 1. The van der Waals surface area contributed by atoms with Crippen LogP contribution in [0, 0.1) is 13.8 Å². The number of amides is 1. The largest absolute Gasteiger partial charge is 0.301 e. The van der Waals surface area contributed by atoms with Gasteiger partial charge in [-0.1, -0.05) is 12.8 Å². The average Bonchev–Trinajstić information content (AvgIpc) is 3.09. The van der Waals surface area contributed by atoms with Gasteiger partial charge in [0.2, 0.25) is 0 Å². The van der Waals surface area contributed by atoms with Crippen molar-refractivity contribution in [3.05, 3.63) is 21.9 Å². The molecule has 1 aliphatic carbocycles. The van der Waals surface area contributed by atoms with Crippen LogP contribution < -0.4 is 5.32 Å². The Kier molecular flexibility index (Phi) is 3.65. The predicted molar refractivity (Wildman–Crippen MR) is 81.5 cm³/mol. The Hall–Kier alpha value is -1.56. The van der Waals surface area contributed by atoms with Crippen LogP contribution in [0.5, 0.6) is 0 Å². The van der Waals surface area contributed by atoms with Gasteiger partial charge in [-0.3, -0.25) is 14.9 Å². The van der Waals surface area contributed by atoms with Crippen molar-refractivity contribution < 1.29 is 4.79 Å². The number of aryl methyl sites for hydroxylation is 2. The molecule has 1 amide bonds. The van der Waals surface area contributed by atoms with Gasteiger partial charge in [-0.25, -0.2) is 0 Å². The Morgan fingerprint density at radius 1 is 1.35 bits per heavy atom. The third-order valence-corrected chi connectivity index (χ3v) is 4.66. The fraction of sp³-hybridized carbons (Fsp3) is 0.500. The van der Waals surface area contributed by atoms with E-state index in [1.807, 2.05) is 19.9 Å². The van der Waals surface area contributed by atoms with Crippen molar-refractivity contribution >= 4 is 28.9 Å². The van der Waals surface area contributed by atoms with Crippen molar-refractivity contribution in [1.29, 1.82) is 0 Å². The molecular formula is C14H18N4OS. The lowest BCUT2D eigenvalue weighted by Gasteiger charge is -2.02. The van der Waals surface area contributed by atoms with E-state index in [2.05, 4.69) is 20.5 Å². The number of carbonyl (C=O) groups is 1. The van der Waals surface area contributed by atoms with E-state index in [4.69, 9.17) is 0 Å². The SMILES string of the molecule is Cc1n[nH]c(C)c1C=C1SC(=NC2CCCC2)NC1=O. The molecule has 1 aromatic heterocycles. The lowest BCUT2D eigenvalue weighted by Crippen LogP contribution is -2.21. The Morgan fingerprint density at radius 3 is 2.75 bits per heavy atom. The van der Waals surface area contributed by atoms with Gasteiger partial charge in [-0.15, -0.1) is 0 Å². The summed E-state index contributed by atoms with van der Waals surface area (Å²) in [5.74, 6) is -0.0632. The van der Waals surface area contributed by atoms with E-state index in [1.54, 1.807) is 0 Å². The number of nitrogens with one attached hydrogen (secondary N) is 2. The summed E-state index contributed by atoms with van der Waals surface area (Å²) in [7, 11) is 0. The van der Waals surface area contributed by atoms with Gasteiger partial charge < -0.3 is 5.32 Å². The zero-order valence-electron chi connectivity index (χ0n) is 11.7. The standard InChI is InChI=1S/C14H18N4OS/c1-8-11(9(2)18-17-8)7-12-13(19)16-14(20-12)15-10-5-3-4-6-10/h7,10H,3-6H2,1-2H3,(H,17,18)(H,15,16,19). The molecule has 20 heavy (non-hydrogen) atoms. The molecule has 0 unspecified atom stereocenters. The van der Waals surface area contributed by atoms with Gasteiger partial charge in [-0.05, 0) is 44.5 Å². The molecular weight excluding hydrogens is 272 g/mol. The van der Waals surface area contributed by atoms with Gasteiger partial charge in [0.25, 0.3) is 5.91 Å². The highest BCUT2D eigenvalue weighted by molar-refractivity contribution is 8.18. The van der Waals surface area contributed by atoms with Gasteiger partial charge in [0.15, 0.2) is 5.17 Å². The van der Waals surface area contributed by atoms with E-state index in [1.165, 1.54) is 24.6 Å².